The molecule has 0 spiro atoms. The Hall–Kier alpha value is -3.80. The van der Waals surface area contributed by atoms with E-state index in [-0.39, 0.29) is 22.2 Å². The number of primary sulfonamides is 1. The van der Waals surface area contributed by atoms with E-state index in [2.05, 4.69) is 31.6 Å². The molecule has 0 saturated carbocycles. The molecule has 0 aliphatic carbocycles. The molecule has 3 rings (SSSR count). The van der Waals surface area contributed by atoms with Crippen molar-refractivity contribution in [1.29, 1.82) is 0 Å². The molecular formula is C23H20BrN5O4S. The molecule has 0 saturated heterocycles. The Bertz CT molecular complexity index is 1370. The lowest BCUT2D eigenvalue weighted by Gasteiger charge is -2.11. The number of amides is 2. The zero-order chi connectivity index (χ0) is 24.7. The number of rotatable bonds is 6. The summed E-state index contributed by atoms with van der Waals surface area (Å²) in [4.78, 5) is 29.5. The van der Waals surface area contributed by atoms with E-state index in [1.165, 1.54) is 30.3 Å². The lowest BCUT2D eigenvalue weighted by atomic mass is 10.1. The van der Waals surface area contributed by atoms with Gasteiger partial charge in [-0.15, -0.1) is 0 Å². The average molecular weight is 542 g/mol. The van der Waals surface area contributed by atoms with Crippen molar-refractivity contribution in [2.45, 2.75) is 4.90 Å². The molecule has 0 heterocycles. The fourth-order valence-electron chi connectivity index (χ4n) is 2.77. The van der Waals surface area contributed by atoms with E-state index in [9.17, 15) is 18.0 Å². The second kappa shape index (κ2) is 10.9. The first kappa shape index (κ1) is 24.8. The van der Waals surface area contributed by atoms with Gasteiger partial charge in [0.15, 0.2) is 0 Å². The molecule has 3 aromatic carbocycles. The largest absolute Gasteiger partial charge is 0.369 e. The third-order valence-electron chi connectivity index (χ3n) is 4.34. The van der Waals surface area contributed by atoms with E-state index < -0.39 is 21.8 Å². The Labute approximate surface area is 204 Å². The summed E-state index contributed by atoms with van der Waals surface area (Å²) in [6.07, 6.45) is 1.50. The number of nitrogens with one attached hydrogen (secondary N) is 2. The van der Waals surface area contributed by atoms with Crippen LogP contribution < -0.4 is 21.5 Å². The number of nitrogens with two attached hydrogens (primary N) is 2. The first-order valence-electron chi connectivity index (χ1n) is 9.74. The van der Waals surface area contributed by atoms with Crippen LogP contribution in [0.15, 0.2) is 98.9 Å². The average Bonchev–Trinajstić information content (AvgIpc) is 2.79. The Morgan fingerprint density at radius 3 is 2.21 bits per heavy atom. The molecule has 6 N–H and O–H groups in total. The summed E-state index contributed by atoms with van der Waals surface area (Å²) in [6.45, 7) is 0. The van der Waals surface area contributed by atoms with Crippen molar-refractivity contribution in [3.8, 4) is 0 Å². The second-order valence-electron chi connectivity index (χ2n) is 6.92. The van der Waals surface area contributed by atoms with Crippen molar-refractivity contribution in [3.05, 3.63) is 100 Å². The maximum Gasteiger partial charge on any atom is 0.274 e. The fourth-order valence-corrected chi connectivity index (χ4v) is 3.70. The Morgan fingerprint density at radius 1 is 0.912 bits per heavy atom. The molecule has 0 radical (unpaired) electrons. The molecule has 0 fully saturated rings. The van der Waals surface area contributed by atoms with E-state index in [4.69, 9.17) is 10.9 Å². The van der Waals surface area contributed by atoms with Crippen LogP contribution in [0.1, 0.15) is 15.9 Å². The molecular weight excluding hydrogens is 522 g/mol. The summed E-state index contributed by atoms with van der Waals surface area (Å²) in [7, 11) is -3.85. The van der Waals surface area contributed by atoms with Crippen molar-refractivity contribution in [3.63, 3.8) is 0 Å². The lowest BCUT2D eigenvalue weighted by molar-refractivity contribution is -0.116. The van der Waals surface area contributed by atoms with Crippen LogP contribution in [0.3, 0.4) is 0 Å². The SMILES string of the molecule is NC(=Nc1ccc(S(N)(=O)=O)cc1)NC(=O)C(=Cc1cccc(Br)c1)NC(=O)c1ccccc1. The monoisotopic (exact) mass is 541 g/mol. The van der Waals surface area contributed by atoms with Crippen LogP contribution in [-0.2, 0) is 14.8 Å². The molecule has 3 aromatic rings. The zero-order valence-corrected chi connectivity index (χ0v) is 20.0. The van der Waals surface area contributed by atoms with Crippen molar-refractivity contribution in [2.75, 3.05) is 0 Å². The molecule has 0 aliphatic rings. The minimum atomic E-state index is -3.85. The molecule has 9 nitrogen and oxygen atoms in total. The van der Waals surface area contributed by atoms with Crippen molar-refractivity contribution in [1.82, 2.24) is 10.6 Å². The molecule has 11 heteroatoms. The maximum atomic E-state index is 12.9. The van der Waals surface area contributed by atoms with Crippen LogP contribution in [-0.4, -0.2) is 26.2 Å². The van der Waals surface area contributed by atoms with E-state index in [0.717, 1.165) is 4.47 Å². The fraction of sp³-hybridized carbons (Fsp3) is 0. The number of nitrogens with zero attached hydrogens (tertiary/aromatic N) is 1. The number of sulfonamides is 1. The standard InChI is InChI=1S/C23H20BrN5O4S/c24-17-8-4-5-15(13-17)14-20(28-21(30)16-6-2-1-3-7-16)22(31)29-23(25)27-18-9-11-19(12-10-18)34(26,32)33/h1-14H,(H,28,30)(H2,26,32,33)(H3,25,27,29,31). The van der Waals surface area contributed by atoms with Gasteiger partial charge in [-0.05, 0) is 60.2 Å². The van der Waals surface area contributed by atoms with Gasteiger partial charge in [-0.25, -0.2) is 18.5 Å². The summed E-state index contributed by atoms with van der Waals surface area (Å²) in [6, 6.07) is 20.9. The summed E-state index contributed by atoms with van der Waals surface area (Å²) in [5.41, 5.74) is 7.11. The third-order valence-corrected chi connectivity index (χ3v) is 5.77. The molecule has 0 unspecified atom stereocenters. The molecule has 2 amide bonds. The summed E-state index contributed by atoms with van der Waals surface area (Å²) < 4.78 is 23.5. The van der Waals surface area contributed by atoms with Crippen molar-refractivity contribution >= 4 is 55.5 Å². The predicted octanol–water partition coefficient (Wildman–Crippen LogP) is 2.63. The topological polar surface area (TPSA) is 157 Å². The molecule has 0 aromatic heterocycles. The minimum absolute atomic E-state index is 0.0605. The number of carbonyl (C=O) groups is 2. The van der Waals surface area contributed by atoms with Gasteiger partial charge in [0.2, 0.25) is 16.0 Å². The van der Waals surface area contributed by atoms with Crippen LogP contribution in [0.25, 0.3) is 6.08 Å². The summed E-state index contributed by atoms with van der Waals surface area (Å²) in [5.74, 6) is -1.44. The molecule has 34 heavy (non-hydrogen) atoms. The van der Waals surface area contributed by atoms with Gasteiger partial charge in [-0.2, -0.15) is 0 Å². The van der Waals surface area contributed by atoms with Crippen LogP contribution in [0, 0.1) is 0 Å². The Kier molecular flexibility index (Phi) is 7.95. The first-order chi connectivity index (χ1) is 16.1. The maximum absolute atomic E-state index is 12.9. The van der Waals surface area contributed by atoms with E-state index in [0.29, 0.717) is 11.1 Å². The Balaban J connectivity index is 1.84. The van der Waals surface area contributed by atoms with Crippen LogP contribution in [0.2, 0.25) is 0 Å². The highest BCUT2D eigenvalue weighted by Crippen LogP contribution is 2.16. The smallest absolute Gasteiger partial charge is 0.274 e. The summed E-state index contributed by atoms with van der Waals surface area (Å²) >= 11 is 3.37. The van der Waals surface area contributed by atoms with Gasteiger partial charge in [0.1, 0.15) is 5.70 Å². The van der Waals surface area contributed by atoms with Crippen molar-refractivity contribution in [2.24, 2.45) is 15.9 Å². The highest BCUT2D eigenvalue weighted by molar-refractivity contribution is 9.10. The van der Waals surface area contributed by atoms with Gasteiger partial charge in [-0.1, -0.05) is 46.3 Å². The van der Waals surface area contributed by atoms with E-state index >= 15 is 0 Å². The quantitative estimate of drug-likeness (QED) is 0.214. The number of hydrogen-bond donors (Lipinski definition) is 4. The van der Waals surface area contributed by atoms with Crippen LogP contribution in [0.4, 0.5) is 5.69 Å². The normalized spacial score (nSPS) is 12.2. The molecule has 0 bridgehead atoms. The van der Waals surface area contributed by atoms with Gasteiger partial charge in [0.05, 0.1) is 10.6 Å². The number of benzene rings is 3. The highest BCUT2D eigenvalue weighted by Gasteiger charge is 2.16. The second-order valence-corrected chi connectivity index (χ2v) is 9.40. The van der Waals surface area contributed by atoms with Gasteiger partial charge >= 0.3 is 0 Å². The number of carbonyl (C=O) groups excluding carboxylic acids is 2. The number of hydrogen-bond acceptors (Lipinski definition) is 5. The zero-order valence-electron chi connectivity index (χ0n) is 17.6. The van der Waals surface area contributed by atoms with Gasteiger partial charge in [0, 0.05) is 10.0 Å². The van der Waals surface area contributed by atoms with Gasteiger partial charge in [0.25, 0.3) is 11.8 Å². The van der Waals surface area contributed by atoms with Gasteiger partial charge < -0.3 is 11.1 Å². The van der Waals surface area contributed by atoms with Gasteiger partial charge in [-0.3, -0.25) is 14.9 Å². The van der Waals surface area contributed by atoms with E-state index in [1.54, 1.807) is 48.5 Å². The van der Waals surface area contributed by atoms with Crippen LogP contribution >= 0.6 is 15.9 Å². The minimum Gasteiger partial charge on any atom is -0.369 e. The van der Waals surface area contributed by atoms with E-state index in [1.807, 2.05) is 6.07 Å². The Morgan fingerprint density at radius 2 is 1.59 bits per heavy atom. The first-order valence-corrected chi connectivity index (χ1v) is 12.1. The van der Waals surface area contributed by atoms with Crippen LogP contribution in [0.5, 0.6) is 0 Å². The van der Waals surface area contributed by atoms with Crippen molar-refractivity contribution < 1.29 is 18.0 Å². The number of aliphatic imine (C=N–C) groups is 1. The predicted molar refractivity (Wildman–Crippen MR) is 133 cm³/mol. The molecule has 174 valence electrons. The highest BCUT2D eigenvalue weighted by atomic mass is 79.9. The lowest BCUT2D eigenvalue weighted by Crippen LogP contribution is -2.41. The number of halogens is 1. The summed E-state index contributed by atoms with van der Waals surface area (Å²) in [5, 5.41) is 10.1. The molecule has 0 atom stereocenters. The third kappa shape index (κ3) is 7.10. The number of guanidine groups is 1. The molecule has 0 aliphatic heterocycles.